The molecule has 154 valence electrons. The van der Waals surface area contributed by atoms with Crippen molar-refractivity contribution in [2.75, 3.05) is 6.61 Å². The molecule has 0 aromatic carbocycles. The summed E-state index contributed by atoms with van der Waals surface area (Å²) in [7, 11) is 0. The smallest absolute Gasteiger partial charge is 0.270 e. The fraction of sp³-hybridized carbons (Fsp3) is 0.913. The number of hydrogen-bond acceptors (Lipinski definition) is 2. The van der Waals surface area contributed by atoms with E-state index in [-0.39, 0.29) is 23.9 Å². The minimum atomic E-state index is -2.95. The lowest BCUT2D eigenvalue weighted by atomic mass is 9.51. The lowest BCUT2D eigenvalue weighted by molar-refractivity contribution is -0.0852. The number of aliphatic hydroxyl groups excluding tert-OH is 2. The minimum Gasteiger partial charge on any atom is -0.393 e. The molecule has 2 nitrogen and oxygen atoms in total. The Balaban J connectivity index is 1.51. The SMILES string of the molecule is CC(CC(F)(F)CO)C1CCC2C3CC=C4CC(O)CCC4C3CCC12C. The fourth-order valence-electron chi connectivity index (χ4n) is 7.90. The first-order valence-electron chi connectivity index (χ1n) is 11.1. The van der Waals surface area contributed by atoms with Gasteiger partial charge in [-0.3, -0.25) is 0 Å². The highest BCUT2D eigenvalue weighted by molar-refractivity contribution is 5.20. The molecule has 4 aliphatic carbocycles. The number of alkyl halides is 2. The van der Waals surface area contributed by atoms with Crippen LogP contribution in [0.15, 0.2) is 11.6 Å². The molecule has 0 bridgehead atoms. The summed E-state index contributed by atoms with van der Waals surface area (Å²) in [5.74, 6) is 0.101. The number of halogens is 2. The van der Waals surface area contributed by atoms with Gasteiger partial charge in [0.2, 0.25) is 0 Å². The van der Waals surface area contributed by atoms with Gasteiger partial charge in [0.25, 0.3) is 5.92 Å². The molecule has 0 amide bonds. The van der Waals surface area contributed by atoms with E-state index in [0.717, 1.165) is 44.4 Å². The molecule has 4 heteroatoms. The highest BCUT2D eigenvalue weighted by Crippen LogP contribution is 2.65. The van der Waals surface area contributed by atoms with Crippen LogP contribution < -0.4 is 0 Å². The van der Waals surface area contributed by atoms with E-state index in [0.29, 0.717) is 23.7 Å². The molecule has 8 atom stereocenters. The van der Waals surface area contributed by atoms with Gasteiger partial charge in [-0.15, -0.1) is 0 Å². The van der Waals surface area contributed by atoms with Crippen molar-refractivity contribution in [2.45, 2.75) is 83.7 Å². The summed E-state index contributed by atoms with van der Waals surface area (Å²) in [6.07, 6.45) is 10.8. The summed E-state index contributed by atoms with van der Waals surface area (Å²) in [5.41, 5.74) is 1.68. The van der Waals surface area contributed by atoms with Crippen molar-refractivity contribution in [3.05, 3.63) is 11.6 Å². The first-order valence-corrected chi connectivity index (χ1v) is 11.1. The molecule has 27 heavy (non-hydrogen) atoms. The number of allylic oxidation sites excluding steroid dienone is 1. The molecule has 0 saturated heterocycles. The van der Waals surface area contributed by atoms with Gasteiger partial charge in [-0.25, -0.2) is 8.78 Å². The van der Waals surface area contributed by atoms with E-state index in [1.165, 1.54) is 18.4 Å². The molecule has 4 rings (SSSR count). The maximum atomic E-state index is 13.8. The number of fused-ring (bicyclic) bond motifs is 5. The van der Waals surface area contributed by atoms with Crippen molar-refractivity contribution >= 4 is 0 Å². The predicted molar refractivity (Wildman–Crippen MR) is 102 cm³/mol. The van der Waals surface area contributed by atoms with E-state index in [1.54, 1.807) is 0 Å². The zero-order valence-corrected chi connectivity index (χ0v) is 16.8. The van der Waals surface area contributed by atoms with E-state index >= 15 is 0 Å². The Morgan fingerprint density at radius 3 is 2.70 bits per heavy atom. The molecule has 0 spiro atoms. The van der Waals surface area contributed by atoms with Crippen molar-refractivity contribution < 1.29 is 19.0 Å². The highest BCUT2D eigenvalue weighted by atomic mass is 19.3. The molecule has 0 aromatic rings. The second kappa shape index (κ2) is 7.09. The standard InChI is InChI=1S/C23H36F2O2/c1-14(12-23(24,25)13-26)20-7-8-21-19-5-3-15-11-16(27)4-6-17(15)18(19)9-10-22(20,21)2/h3,14,16-21,26-27H,4-13H2,1-2H3. The molecule has 8 unspecified atom stereocenters. The summed E-state index contributed by atoms with van der Waals surface area (Å²) < 4.78 is 27.6. The summed E-state index contributed by atoms with van der Waals surface area (Å²) in [4.78, 5) is 0. The topological polar surface area (TPSA) is 40.5 Å². The van der Waals surface area contributed by atoms with Crippen molar-refractivity contribution in [1.82, 2.24) is 0 Å². The second-order valence-corrected chi connectivity index (χ2v) is 10.4. The van der Waals surface area contributed by atoms with E-state index in [2.05, 4.69) is 13.0 Å². The number of aliphatic hydroxyl groups is 2. The fourth-order valence-corrected chi connectivity index (χ4v) is 7.90. The average molecular weight is 383 g/mol. The van der Waals surface area contributed by atoms with Gasteiger partial charge < -0.3 is 10.2 Å². The van der Waals surface area contributed by atoms with E-state index in [9.17, 15) is 13.9 Å². The summed E-state index contributed by atoms with van der Waals surface area (Å²) in [5, 5.41) is 19.0. The van der Waals surface area contributed by atoms with Crippen LogP contribution in [0, 0.1) is 40.9 Å². The van der Waals surface area contributed by atoms with Crippen LogP contribution >= 0.6 is 0 Å². The molecular weight excluding hydrogens is 346 g/mol. The van der Waals surface area contributed by atoms with Crippen molar-refractivity contribution in [2.24, 2.45) is 40.9 Å². The van der Waals surface area contributed by atoms with Crippen molar-refractivity contribution in [3.63, 3.8) is 0 Å². The lowest BCUT2D eigenvalue weighted by Gasteiger charge is -2.54. The Morgan fingerprint density at radius 1 is 1.19 bits per heavy atom. The van der Waals surface area contributed by atoms with E-state index < -0.39 is 12.5 Å². The maximum Gasteiger partial charge on any atom is 0.270 e. The maximum absolute atomic E-state index is 13.8. The van der Waals surface area contributed by atoms with E-state index in [4.69, 9.17) is 5.11 Å². The van der Waals surface area contributed by atoms with Crippen LogP contribution in [0.25, 0.3) is 0 Å². The largest absolute Gasteiger partial charge is 0.393 e. The number of hydrogen-bond donors (Lipinski definition) is 2. The second-order valence-electron chi connectivity index (χ2n) is 10.4. The van der Waals surface area contributed by atoms with Gasteiger partial charge in [-0.05, 0) is 92.3 Å². The van der Waals surface area contributed by atoms with Gasteiger partial charge in [0.05, 0.1) is 6.10 Å². The van der Waals surface area contributed by atoms with Gasteiger partial charge >= 0.3 is 0 Å². The Morgan fingerprint density at radius 2 is 1.96 bits per heavy atom. The van der Waals surface area contributed by atoms with Crippen LogP contribution in [0.4, 0.5) is 8.78 Å². The average Bonchev–Trinajstić information content (AvgIpc) is 2.98. The zero-order chi connectivity index (χ0) is 19.4. The minimum absolute atomic E-state index is 0.0433. The van der Waals surface area contributed by atoms with Crippen molar-refractivity contribution in [1.29, 1.82) is 0 Å². The molecule has 3 fully saturated rings. The Hall–Kier alpha value is -0.480. The third kappa shape index (κ3) is 3.39. The molecule has 0 aliphatic heterocycles. The Kier molecular flexibility index (Phi) is 5.20. The summed E-state index contributed by atoms with van der Waals surface area (Å²) in [6.45, 7) is 3.33. The van der Waals surface area contributed by atoms with Gasteiger partial charge in [-0.1, -0.05) is 25.5 Å². The van der Waals surface area contributed by atoms with Gasteiger partial charge in [0.1, 0.15) is 6.61 Å². The van der Waals surface area contributed by atoms with E-state index in [1.807, 2.05) is 6.92 Å². The molecule has 3 saturated carbocycles. The molecule has 4 aliphatic rings. The number of rotatable bonds is 4. The van der Waals surface area contributed by atoms with Gasteiger partial charge in [0, 0.05) is 6.42 Å². The molecule has 0 aromatic heterocycles. The first kappa shape index (κ1) is 19.8. The third-order valence-electron chi connectivity index (χ3n) is 9.03. The van der Waals surface area contributed by atoms with Crippen molar-refractivity contribution in [3.8, 4) is 0 Å². The quantitative estimate of drug-likeness (QED) is 0.657. The lowest BCUT2D eigenvalue weighted by Crippen LogP contribution is -2.47. The van der Waals surface area contributed by atoms with Crippen LogP contribution in [0.2, 0.25) is 0 Å². The van der Waals surface area contributed by atoms with Crippen LogP contribution in [-0.4, -0.2) is 28.8 Å². The highest BCUT2D eigenvalue weighted by Gasteiger charge is 2.57. The molecular formula is C23H36F2O2. The van der Waals surface area contributed by atoms with Gasteiger partial charge in [0.15, 0.2) is 0 Å². The first-order chi connectivity index (χ1) is 12.7. The zero-order valence-electron chi connectivity index (χ0n) is 16.8. The van der Waals surface area contributed by atoms with Crippen LogP contribution in [0.3, 0.4) is 0 Å². The van der Waals surface area contributed by atoms with Crippen LogP contribution in [0.1, 0.15) is 71.6 Å². The third-order valence-corrected chi connectivity index (χ3v) is 9.03. The monoisotopic (exact) mass is 382 g/mol. The molecule has 2 N–H and O–H groups in total. The molecule has 0 radical (unpaired) electrons. The van der Waals surface area contributed by atoms with Crippen LogP contribution in [-0.2, 0) is 0 Å². The Labute approximate surface area is 162 Å². The van der Waals surface area contributed by atoms with Crippen LogP contribution in [0.5, 0.6) is 0 Å². The predicted octanol–water partition coefficient (Wildman–Crippen LogP) is 5.19. The molecule has 0 heterocycles. The summed E-state index contributed by atoms with van der Waals surface area (Å²) in [6, 6.07) is 0. The van der Waals surface area contributed by atoms with Gasteiger partial charge in [-0.2, -0.15) is 0 Å². The normalized spacial score (nSPS) is 45.5. The summed E-state index contributed by atoms with van der Waals surface area (Å²) >= 11 is 0. The Bertz CT molecular complexity index is 589.